The number of carbonyl (C=O) groups excluding carboxylic acids is 1. The maximum Gasteiger partial charge on any atom is 0.337 e. The van der Waals surface area contributed by atoms with E-state index in [1.807, 2.05) is 12.1 Å². The van der Waals surface area contributed by atoms with Crippen LogP contribution in [-0.2, 0) is 4.74 Å². The molecule has 0 aliphatic carbocycles. The van der Waals surface area contributed by atoms with Gasteiger partial charge in [-0.15, -0.1) is 0 Å². The Labute approximate surface area is 144 Å². The lowest BCUT2D eigenvalue weighted by atomic mass is 10.0. The summed E-state index contributed by atoms with van der Waals surface area (Å²) in [6.45, 7) is 5.04. The van der Waals surface area contributed by atoms with Crippen molar-refractivity contribution in [3.8, 4) is 0 Å². The number of likely N-dealkylation sites (tertiary alicyclic amines) is 1. The molecule has 0 spiro atoms. The van der Waals surface area contributed by atoms with Gasteiger partial charge in [0.15, 0.2) is 0 Å². The van der Waals surface area contributed by atoms with E-state index in [-0.39, 0.29) is 5.97 Å². The fourth-order valence-electron chi connectivity index (χ4n) is 3.65. The Bertz CT molecular complexity index is 572. The average molecular weight is 332 g/mol. The molecular weight excluding hydrogens is 304 g/mol. The van der Waals surface area contributed by atoms with Crippen molar-refractivity contribution in [1.29, 1.82) is 0 Å². The molecule has 2 heterocycles. The smallest absolute Gasteiger partial charge is 0.337 e. The summed E-state index contributed by atoms with van der Waals surface area (Å²) in [5, 5.41) is 0. The number of anilines is 1. The van der Waals surface area contributed by atoms with E-state index in [2.05, 4.69) is 27.8 Å². The van der Waals surface area contributed by atoms with E-state index >= 15 is 0 Å². The number of ether oxygens (including phenoxy) is 1. The van der Waals surface area contributed by atoms with Crippen LogP contribution in [0.5, 0.6) is 0 Å². The molecule has 3 rings (SSSR count). The van der Waals surface area contributed by atoms with E-state index in [1.165, 1.54) is 7.11 Å². The fraction of sp³-hybridized carbons (Fsp3) is 0.611. The molecule has 132 valence electrons. The highest BCUT2D eigenvalue weighted by Crippen LogP contribution is 2.23. The number of piperazine rings is 1. The fourth-order valence-corrected chi connectivity index (χ4v) is 3.65. The first-order chi connectivity index (χ1) is 11.6. The number of carbonyl (C=O) groups is 1. The zero-order valence-electron chi connectivity index (χ0n) is 14.6. The highest BCUT2D eigenvalue weighted by molar-refractivity contribution is 5.90. The Balaban J connectivity index is 1.72. The SMILES string of the molecule is COC(=O)c1cccc(N2CCN(C)C(N3CCC(N)CC3)C2)c1. The molecular formula is C18H28N4O2. The van der Waals surface area contributed by atoms with E-state index in [4.69, 9.17) is 10.5 Å². The van der Waals surface area contributed by atoms with Gasteiger partial charge in [0.1, 0.15) is 0 Å². The van der Waals surface area contributed by atoms with E-state index in [0.29, 0.717) is 17.8 Å². The van der Waals surface area contributed by atoms with Gasteiger partial charge in [0, 0.05) is 44.5 Å². The molecule has 2 N–H and O–H groups in total. The van der Waals surface area contributed by atoms with Crippen LogP contribution in [0.1, 0.15) is 23.2 Å². The third kappa shape index (κ3) is 3.71. The second-order valence-electron chi connectivity index (χ2n) is 6.82. The normalized spacial score (nSPS) is 24.1. The Morgan fingerprint density at radius 3 is 2.67 bits per heavy atom. The summed E-state index contributed by atoms with van der Waals surface area (Å²) in [7, 11) is 3.61. The average Bonchev–Trinajstić information content (AvgIpc) is 2.62. The molecule has 0 bridgehead atoms. The highest BCUT2D eigenvalue weighted by atomic mass is 16.5. The first-order valence-electron chi connectivity index (χ1n) is 8.71. The van der Waals surface area contributed by atoms with Crippen LogP contribution in [0.25, 0.3) is 0 Å². The third-order valence-electron chi connectivity index (χ3n) is 5.24. The zero-order chi connectivity index (χ0) is 17.1. The van der Waals surface area contributed by atoms with Gasteiger partial charge in [0.05, 0.1) is 18.8 Å². The van der Waals surface area contributed by atoms with Crippen LogP contribution < -0.4 is 10.6 Å². The topological polar surface area (TPSA) is 62.0 Å². The van der Waals surface area contributed by atoms with Crippen LogP contribution in [0.15, 0.2) is 24.3 Å². The van der Waals surface area contributed by atoms with Gasteiger partial charge >= 0.3 is 5.97 Å². The number of hydrogen-bond donors (Lipinski definition) is 1. The summed E-state index contributed by atoms with van der Waals surface area (Å²) in [6.07, 6.45) is 2.54. The number of hydrogen-bond acceptors (Lipinski definition) is 6. The van der Waals surface area contributed by atoms with Crippen molar-refractivity contribution in [2.45, 2.75) is 25.0 Å². The molecule has 2 fully saturated rings. The number of esters is 1. The molecule has 1 aromatic carbocycles. The predicted molar refractivity (Wildman–Crippen MR) is 95.2 cm³/mol. The molecule has 24 heavy (non-hydrogen) atoms. The molecule has 2 saturated heterocycles. The summed E-state index contributed by atoms with van der Waals surface area (Å²) in [6, 6.07) is 8.08. The van der Waals surface area contributed by atoms with E-state index in [1.54, 1.807) is 6.07 Å². The minimum atomic E-state index is -0.285. The van der Waals surface area contributed by atoms with Gasteiger partial charge in [0.25, 0.3) is 0 Å². The van der Waals surface area contributed by atoms with Gasteiger partial charge in [0.2, 0.25) is 0 Å². The molecule has 1 atom stereocenters. The number of nitrogens with two attached hydrogens (primary N) is 1. The predicted octanol–water partition coefficient (Wildman–Crippen LogP) is 0.974. The van der Waals surface area contributed by atoms with Crippen LogP contribution in [0.3, 0.4) is 0 Å². The summed E-state index contributed by atoms with van der Waals surface area (Å²) in [5.74, 6) is -0.285. The Morgan fingerprint density at radius 2 is 1.96 bits per heavy atom. The first kappa shape index (κ1) is 17.2. The maximum absolute atomic E-state index is 11.8. The van der Waals surface area contributed by atoms with E-state index < -0.39 is 0 Å². The van der Waals surface area contributed by atoms with Crippen molar-refractivity contribution in [2.24, 2.45) is 5.73 Å². The molecule has 2 aliphatic rings. The molecule has 0 saturated carbocycles. The minimum absolute atomic E-state index is 0.285. The zero-order valence-corrected chi connectivity index (χ0v) is 14.6. The van der Waals surface area contributed by atoms with Crippen LogP contribution in [0.2, 0.25) is 0 Å². The van der Waals surface area contributed by atoms with Crippen molar-refractivity contribution < 1.29 is 9.53 Å². The van der Waals surface area contributed by atoms with Gasteiger partial charge in [-0.05, 0) is 38.1 Å². The van der Waals surface area contributed by atoms with Crippen molar-refractivity contribution >= 4 is 11.7 Å². The molecule has 0 radical (unpaired) electrons. The summed E-state index contributed by atoms with van der Waals surface area (Å²) in [5.41, 5.74) is 7.74. The highest BCUT2D eigenvalue weighted by Gasteiger charge is 2.31. The van der Waals surface area contributed by atoms with Gasteiger partial charge in [-0.25, -0.2) is 4.79 Å². The summed E-state index contributed by atoms with van der Waals surface area (Å²) >= 11 is 0. The number of rotatable bonds is 3. The summed E-state index contributed by atoms with van der Waals surface area (Å²) < 4.78 is 4.84. The van der Waals surface area contributed by atoms with Crippen LogP contribution in [-0.4, -0.2) is 74.9 Å². The lowest BCUT2D eigenvalue weighted by molar-refractivity contribution is 0.0349. The van der Waals surface area contributed by atoms with Gasteiger partial charge in [-0.2, -0.15) is 0 Å². The number of likely N-dealkylation sites (N-methyl/N-ethyl adjacent to an activating group) is 1. The molecule has 2 aliphatic heterocycles. The van der Waals surface area contributed by atoms with E-state index in [9.17, 15) is 4.79 Å². The number of benzene rings is 1. The molecule has 1 aromatic rings. The second kappa shape index (κ2) is 7.51. The van der Waals surface area contributed by atoms with Crippen LogP contribution >= 0.6 is 0 Å². The number of methoxy groups -OCH3 is 1. The van der Waals surface area contributed by atoms with Crippen molar-refractivity contribution in [2.75, 3.05) is 51.8 Å². The first-order valence-corrected chi connectivity index (χ1v) is 8.71. The molecule has 0 amide bonds. The van der Waals surface area contributed by atoms with Crippen LogP contribution in [0.4, 0.5) is 5.69 Å². The Hall–Kier alpha value is -1.63. The second-order valence-corrected chi connectivity index (χ2v) is 6.82. The monoisotopic (exact) mass is 332 g/mol. The quantitative estimate of drug-likeness (QED) is 0.833. The van der Waals surface area contributed by atoms with Gasteiger partial charge < -0.3 is 15.4 Å². The van der Waals surface area contributed by atoms with E-state index in [0.717, 1.165) is 51.3 Å². The Kier molecular flexibility index (Phi) is 5.38. The number of nitrogens with zero attached hydrogens (tertiary/aromatic N) is 3. The van der Waals surface area contributed by atoms with Crippen LogP contribution in [0, 0.1) is 0 Å². The van der Waals surface area contributed by atoms with Gasteiger partial charge in [-0.1, -0.05) is 6.07 Å². The summed E-state index contributed by atoms with van der Waals surface area (Å²) in [4.78, 5) is 19.1. The minimum Gasteiger partial charge on any atom is -0.465 e. The third-order valence-corrected chi connectivity index (χ3v) is 5.24. The van der Waals surface area contributed by atoms with Crippen molar-refractivity contribution in [1.82, 2.24) is 9.80 Å². The molecule has 1 unspecified atom stereocenters. The van der Waals surface area contributed by atoms with Crippen molar-refractivity contribution in [3.05, 3.63) is 29.8 Å². The van der Waals surface area contributed by atoms with Gasteiger partial charge in [-0.3, -0.25) is 9.80 Å². The standard InChI is InChI=1S/C18H28N4O2/c1-20-10-11-22(13-17(20)21-8-6-15(19)7-9-21)16-5-3-4-14(12-16)18(23)24-2/h3-5,12,15,17H,6-11,13,19H2,1-2H3. The lowest BCUT2D eigenvalue weighted by Crippen LogP contribution is -2.61. The number of piperidine rings is 1. The van der Waals surface area contributed by atoms with Crippen molar-refractivity contribution in [3.63, 3.8) is 0 Å². The maximum atomic E-state index is 11.8. The Morgan fingerprint density at radius 1 is 1.21 bits per heavy atom. The molecule has 0 aromatic heterocycles. The molecule has 6 heteroatoms. The lowest BCUT2D eigenvalue weighted by Gasteiger charge is -2.47. The molecule has 6 nitrogen and oxygen atoms in total. The largest absolute Gasteiger partial charge is 0.465 e.